The Hall–Kier alpha value is -6.92. The molecule has 0 unspecified atom stereocenters. The average molecular weight is 876 g/mol. The van der Waals surface area contributed by atoms with Crippen LogP contribution in [0.4, 0.5) is 19.2 Å². The van der Waals surface area contributed by atoms with Crippen LogP contribution < -0.4 is 14.8 Å². The lowest BCUT2D eigenvalue weighted by atomic mass is 10.0. The largest absolute Gasteiger partial charge is 0.679 e. The minimum atomic E-state index is -4.12. The molecule has 6 aromatic rings. The van der Waals surface area contributed by atoms with Crippen LogP contribution >= 0.6 is 0 Å². The molecule has 0 saturated heterocycles. The highest BCUT2D eigenvalue weighted by Crippen LogP contribution is 2.41. The Labute approximate surface area is 363 Å². The van der Waals surface area contributed by atoms with E-state index in [1.54, 1.807) is 74.1 Å². The number of carbonyl (C=O) groups excluding carboxylic acids is 1. The third-order valence-corrected chi connectivity index (χ3v) is 10.2. The second-order valence-electron chi connectivity index (χ2n) is 15.4. The predicted molar refractivity (Wildman–Crippen MR) is 238 cm³/mol. The van der Waals surface area contributed by atoms with E-state index in [9.17, 15) is 13.2 Å². The molecule has 7 rings (SSSR count). The number of aliphatic imine (C=N–C) groups is 2. The van der Waals surface area contributed by atoms with E-state index in [1.807, 2.05) is 78.9 Å². The van der Waals surface area contributed by atoms with Crippen molar-refractivity contribution < 1.29 is 40.6 Å². The fourth-order valence-corrected chi connectivity index (χ4v) is 7.07. The number of halogens is 2. The molecule has 1 aliphatic rings. The number of hydrogen-bond acceptors (Lipinski definition) is 9. The molecule has 2 aromatic heterocycles. The number of amidine groups is 1. The number of ether oxygens (including phenoxy) is 3. The normalized spacial score (nSPS) is 13.4. The Kier molecular flexibility index (Phi) is 13.6. The summed E-state index contributed by atoms with van der Waals surface area (Å²) in [4.78, 5) is 21.8. The van der Waals surface area contributed by atoms with Gasteiger partial charge in [0.2, 0.25) is 0 Å². The monoisotopic (exact) mass is 875 g/mol. The highest BCUT2D eigenvalue weighted by Gasteiger charge is 2.30. The Morgan fingerprint density at radius 3 is 2.13 bits per heavy atom. The second-order valence-corrected chi connectivity index (χ2v) is 16.9. The number of rotatable bonds is 17. The lowest BCUT2D eigenvalue weighted by Gasteiger charge is -2.19. The van der Waals surface area contributed by atoms with E-state index in [0.29, 0.717) is 58.3 Å². The molecule has 0 radical (unpaired) electrons. The van der Waals surface area contributed by atoms with Crippen LogP contribution in [-0.2, 0) is 28.0 Å². The van der Waals surface area contributed by atoms with Gasteiger partial charge in [0.05, 0.1) is 30.8 Å². The zero-order valence-corrected chi connectivity index (χ0v) is 35.5. The fraction of sp³-hybridized carbons (Fsp3) is 0.222. The van der Waals surface area contributed by atoms with Crippen molar-refractivity contribution in [1.82, 2.24) is 24.8 Å². The van der Waals surface area contributed by atoms with Gasteiger partial charge >= 0.3 is 13.5 Å². The second kappa shape index (κ2) is 19.4. The van der Waals surface area contributed by atoms with Crippen LogP contribution in [0.25, 0.3) is 28.0 Å². The van der Waals surface area contributed by atoms with Crippen LogP contribution in [0, 0.1) is 0 Å². The minimum Gasteiger partial charge on any atom is -0.494 e. The van der Waals surface area contributed by atoms with E-state index in [0.717, 1.165) is 15.6 Å². The molecular weight excluding hydrogens is 831 g/mol. The summed E-state index contributed by atoms with van der Waals surface area (Å²) in [6.07, 6.45) is 3.19. The summed E-state index contributed by atoms with van der Waals surface area (Å²) in [5.74, 6) is 0.802. The van der Waals surface area contributed by atoms with Gasteiger partial charge < -0.3 is 24.0 Å². The number of amides is 1. The van der Waals surface area contributed by atoms with Gasteiger partial charge in [-0.05, 0) is 105 Å². The first kappa shape index (κ1) is 44.2. The standard InChI is InChI=1S/C45H44BF2N7O7S/c1-45(2,3)62-44(56)49-23-24-54-29-35(52-53-54)30-61-37-19-15-33(16-20-37)40-27-38(31-11-6-4-7-12-31)42(50-40)51-43-39(32-13-8-5-9-14-32)28-41(55(43)46(47)48)34-17-21-36(22-18-34)60-25-10-26-63(57,58)59/h4-9,11-22,27-29H,10,23-26,30H2,1-3H3,(H,49,56)(H,57,58,59)/b51-42-. The smallest absolute Gasteiger partial charge is 0.494 e. The van der Waals surface area contributed by atoms with E-state index < -0.39 is 35.0 Å². The summed E-state index contributed by atoms with van der Waals surface area (Å²) < 4.78 is 81.2. The summed E-state index contributed by atoms with van der Waals surface area (Å²) >= 11 is 0. The lowest BCUT2D eigenvalue weighted by molar-refractivity contribution is 0.0525. The van der Waals surface area contributed by atoms with Crippen molar-refractivity contribution in [3.05, 3.63) is 144 Å². The maximum absolute atomic E-state index is 15.4. The maximum Gasteiger partial charge on any atom is 0.679 e. The number of nitrogens with one attached hydrogen (secondary N) is 1. The summed E-state index contributed by atoms with van der Waals surface area (Å²) in [6.45, 7) is 6.28. The number of aromatic nitrogens is 4. The van der Waals surface area contributed by atoms with Crippen LogP contribution in [0.2, 0.25) is 0 Å². The molecule has 3 heterocycles. The van der Waals surface area contributed by atoms with Crippen molar-refractivity contribution in [2.45, 2.75) is 45.9 Å². The number of alkyl carbamates (subject to hydrolysis) is 1. The number of nitrogens with zero attached hydrogens (tertiary/aromatic N) is 6. The van der Waals surface area contributed by atoms with Crippen LogP contribution in [0.3, 0.4) is 0 Å². The van der Waals surface area contributed by atoms with Crippen LogP contribution in [-0.4, -0.2) is 82.0 Å². The van der Waals surface area contributed by atoms with Crippen molar-refractivity contribution in [2.75, 3.05) is 18.9 Å². The molecule has 0 saturated carbocycles. The fourth-order valence-electron chi connectivity index (χ4n) is 6.58. The average Bonchev–Trinajstić information content (AvgIpc) is 4.00. The molecule has 0 aliphatic carbocycles. The molecule has 14 nitrogen and oxygen atoms in total. The van der Waals surface area contributed by atoms with Gasteiger partial charge in [-0.2, -0.15) is 8.42 Å². The zero-order valence-electron chi connectivity index (χ0n) is 34.7. The highest BCUT2D eigenvalue weighted by molar-refractivity contribution is 7.85. The highest BCUT2D eigenvalue weighted by atomic mass is 32.2. The van der Waals surface area contributed by atoms with E-state index >= 15 is 8.63 Å². The molecule has 0 spiro atoms. The van der Waals surface area contributed by atoms with Crippen molar-refractivity contribution in [3.8, 4) is 33.9 Å². The SMILES string of the molecule is CC(C)(C)OC(=O)NCCn1cc(COc2ccc(C3=N/C(=N\c4c(-c5ccccc5)cc(-c5ccc(OCCCS(=O)(=O)O)cc5)n4B(F)F)C(c4ccccc4)=C3)cc2)nn1. The predicted octanol–water partition coefficient (Wildman–Crippen LogP) is 8.56. The molecule has 18 heteroatoms. The zero-order chi connectivity index (χ0) is 44.6. The number of carbonyl (C=O) groups is 1. The molecule has 0 bridgehead atoms. The Balaban J connectivity index is 1.14. The third-order valence-electron chi connectivity index (χ3n) is 9.43. The Morgan fingerprint density at radius 1 is 0.857 bits per heavy atom. The quantitative estimate of drug-likeness (QED) is 0.0518. The van der Waals surface area contributed by atoms with Crippen LogP contribution in [0.1, 0.15) is 44.0 Å². The molecular formula is C45H44BF2N7O7S. The molecule has 0 atom stereocenters. The Bertz CT molecular complexity index is 2740. The summed E-state index contributed by atoms with van der Waals surface area (Å²) in [6, 6.07) is 34.1. The summed E-state index contributed by atoms with van der Waals surface area (Å²) in [7, 11) is -7.10. The van der Waals surface area contributed by atoms with Gasteiger partial charge in [-0.3, -0.25) is 17.9 Å². The molecule has 2 N–H and O–H groups in total. The first-order chi connectivity index (χ1) is 30.2. The summed E-state index contributed by atoms with van der Waals surface area (Å²) in [5.41, 5.74) is 4.60. The number of benzene rings is 4. The van der Waals surface area contributed by atoms with Crippen LogP contribution in [0.5, 0.6) is 11.5 Å². The number of allylic oxidation sites excluding steroid dienone is 1. The maximum atomic E-state index is 15.4. The van der Waals surface area contributed by atoms with Crippen molar-refractivity contribution >= 4 is 46.6 Å². The van der Waals surface area contributed by atoms with Gasteiger partial charge in [0.25, 0.3) is 10.1 Å². The summed E-state index contributed by atoms with van der Waals surface area (Å²) in [5, 5.41) is 11.0. The van der Waals surface area contributed by atoms with Crippen molar-refractivity contribution in [1.29, 1.82) is 0 Å². The van der Waals surface area contributed by atoms with Gasteiger partial charge in [0.1, 0.15) is 35.2 Å². The molecule has 63 heavy (non-hydrogen) atoms. The van der Waals surface area contributed by atoms with Gasteiger partial charge in [-0.25, -0.2) is 14.8 Å². The first-order valence-electron chi connectivity index (χ1n) is 20.0. The molecule has 0 fully saturated rings. The van der Waals surface area contributed by atoms with E-state index in [2.05, 4.69) is 15.6 Å². The lowest BCUT2D eigenvalue weighted by Crippen LogP contribution is -2.34. The number of hydrogen-bond donors (Lipinski definition) is 2. The first-order valence-corrected chi connectivity index (χ1v) is 21.6. The molecule has 1 amide bonds. The van der Waals surface area contributed by atoms with Crippen molar-refractivity contribution in [3.63, 3.8) is 0 Å². The van der Waals surface area contributed by atoms with Crippen molar-refractivity contribution in [2.24, 2.45) is 9.98 Å². The van der Waals surface area contributed by atoms with E-state index in [1.165, 1.54) is 0 Å². The van der Waals surface area contributed by atoms with E-state index in [-0.39, 0.29) is 37.0 Å². The van der Waals surface area contributed by atoms with Gasteiger partial charge in [-0.15, -0.1) is 5.10 Å². The van der Waals surface area contributed by atoms with Gasteiger partial charge in [0, 0.05) is 28.9 Å². The molecule has 324 valence electrons. The van der Waals surface area contributed by atoms with E-state index in [4.69, 9.17) is 28.7 Å². The van der Waals surface area contributed by atoms with Crippen LogP contribution in [0.15, 0.2) is 138 Å². The minimum absolute atomic E-state index is 0.0126. The molecule has 4 aromatic carbocycles. The molecule has 1 aliphatic heterocycles. The van der Waals surface area contributed by atoms with Gasteiger partial charge in [-0.1, -0.05) is 65.9 Å². The topological polar surface area (TPSA) is 172 Å². The third kappa shape index (κ3) is 11.9. The van der Waals surface area contributed by atoms with Gasteiger partial charge in [0.15, 0.2) is 5.84 Å². The Morgan fingerprint density at radius 2 is 1.49 bits per heavy atom.